The molecule has 12 heavy (non-hydrogen) atoms. The summed E-state index contributed by atoms with van der Waals surface area (Å²) in [7, 11) is 1.66. The lowest BCUT2D eigenvalue weighted by Crippen LogP contribution is -2.07. The van der Waals surface area contributed by atoms with Crippen LogP contribution >= 0.6 is 0 Å². The van der Waals surface area contributed by atoms with Gasteiger partial charge in [-0.05, 0) is 25.6 Å². The van der Waals surface area contributed by atoms with Gasteiger partial charge < -0.3 is 16.0 Å². The molecular formula is C8H15N3O. The summed E-state index contributed by atoms with van der Waals surface area (Å²) < 4.78 is 0. The fraction of sp³-hybridized carbons (Fsp3) is 0.375. The Morgan fingerprint density at radius 1 is 1.50 bits per heavy atom. The lowest BCUT2D eigenvalue weighted by Gasteiger charge is -2.02. The van der Waals surface area contributed by atoms with Crippen LogP contribution in [0, 0.1) is 5.41 Å². The summed E-state index contributed by atoms with van der Waals surface area (Å²) in [6.07, 6.45) is 2.99. The van der Waals surface area contributed by atoms with E-state index >= 15 is 0 Å². The van der Waals surface area contributed by atoms with Gasteiger partial charge >= 0.3 is 0 Å². The van der Waals surface area contributed by atoms with Crippen LogP contribution in [0.2, 0.25) is 0 Å². The number of nitrogens with two attached hydrogens (primary N) is 1. The first-order valence-electron chi connectivity index (χ1n) is 3.61. The van der Waals surface area contributed by atoms with E-state index in [-0.39, 0.29) is 0 Å². The molecule has 0 aromatic carbocycles. The highest BCUT2D eigenvalue weighted by Gasteiger charge is 1.96. The molecule has 0 rings (SSSR count). The summed E-state index contributed by atoms with van der Waals surface area (Å²) in [6, 6.07) is 0. The number of rotatable bonds is 4. The smallest absolute Gasteiger partial charge is 0.123 e. The van der Waals surface area contributed by atoms with Crippen molar-refractivity contribution in [1.29, 1.82) is 5.41 Å². The van der Waals surface area contributed by atoms with Crippen LogP contribution in [0.5, 0.6) is 0 Å². The Labute approximate surface area is 72.6 Å². The fourth-order valence-electron chi connectivity index (χ4n) is 0.597. The second-order valence-corrected chi connectivity index (χ2v) is 2.32. The Bertz CT molecular complexity index is 218. The minimum absolute atomic E-state index is 0.352. The molecule has 4 nitrogen and oxygen atoms in total. The van der Waals surface area contributed by atoms with E-state index < -0.39 is 0 Å². The van der Waals surface area contributed by atoms with Crippen molar-refractivity contribution in [1.82, 2.24) is 5.48 Å². The van der Waals surface area contributed by atoms with Crippen LogP contribution in [-0.2, 0) is 4.84 Å². The van der Waals surface area contributed by atoms with Crippen LogP contribution in [0.4, 0.5) is 0 Å². The van der Waals surface area contributed by atoms with Crippen molar-refractivity contribution in [2.24, 2.45) is 5.73 Å². The van der Waals surface area contributed by atoms with E-state index in [9.17, 15) is 0 Å². The Balaban J connectivity index is 4.24. The molecule has 0 aromatic heterocycles. The molecule has 0 aliphatic rings. The van der Waals surface area contributed by atoms with Gasteiger partial charge in [-0.1, -0.05) is 0 Å². The maximum atomic E-state index is 7.47. The van der Waals surface area contributed by atoms with Gasteiger partial charge in [-0.15, -0.1) is 0 Å². The number of hydrogen-bond donors (Lipinski definition) is 3. The van der Waals surface area contributed by atoms with Gasteiger partial charge in [0.1, 0.15) is 5.76 Å². The average Bonchev–Trinajstić information content (AvgIpc) is 2.03. The van der Waals surface area contributed by atoms with E-state index in [1.165, 1.54) is 6.20 Å². The van der Waals surface area contributed by atoms with E-state index in [0.717, 1.165) is 0 Å². The van der Waals surface area contributed by atoms with Crippen molar-refractivity contribution >= 4 is 5.71 Å². The maximum Gasteiger partial charge on any atom is 0.123 e. The first kappa shape index (κ1) is 10.7. The predicted molar refractivity (Wildman–Crippen MR) is 49.6 cm³/mol. The average molecular weight is 169 g/mol. The zero-order valence-electron chi connectivity index (χ0n) is 7.64. The summed E-state index contributed by atoms with van der Waals surface area (Å²) >= 11 is 0. The van der Waals surface area contributed by atoms with Crippen molar-refractivity contribution in [2.45, 2.75) is 13.8 Å². The van der Waals surface area contributed by atoms with E-state index in [2.05, 4.69) is 5.48 Å². The van der Waals surface area contributed by atoms with Crippen LogP contribution in [0.1, 0.15) is 13.8 Å². The van der Waals surface area contributed by atoms with Crippen molar-refractivity contribution in [2.75, 3.05) is 7.05 Å². The third-order valence-corrected chi connectivity index (χ3v) is 1.29. The van der Waals surface area contributed by atoms with Gasteiger partial charge in [-0.25, -0.2) is 0 Å². The molecule has 0 aliphatic heterocycles. The van der Waals surface area contributed by atoms with E-state index in [1.54, 1.807) is 27.0 Å². The first-order valence-corrected chi connectivity index (χ1v) is 3.61. The highest BCUT2D eigenvalue weighted by molar-refractivity contribution is 6.05. The summed E-state index contributed by atoms with van der Waals surface area (Å²) in [5.41, 5.74) is 8.82. The summed E-state index contributed by atoms with van der Waals surface area (Å²) in [5, 5.41) is 7.47. The molecule has 0 radical (unpaired) electrons. The molecule has 68 valence electrons. The highest BCUT2D eigenvalue weighted by Crippen LogP contribution is 1.99. The molecule has 0 aromatic rings. The Morgan fingerprint density at radius 3 is 2.50 bits per heavy atom. The Hall–Kier alpha value is -1.29. The SMILES string of the molecule is CNO/C(C)=C/C(=N)/C(C)=C/N. The van der Waals surface area contributed by atoms with Gasteiger partial charge in [0, 0.05) is 13.1 Å². The minimum Gasteiger partial charge on any atom is -0.414 e. The standard InChI is InChI=1S/C8H15N3O/c1-6(5-9)8(10)4-7(2)12-11-3/h4-5,10-11H,9H2,1-3H3/b6-5+,7-4+,10-8?. The summed E-state index contributed by atoms with van der Waals surface area (Å²) in [5.74, 6) is 0.628. The summed E-state index contributed by atoms with van der Waals surface area (Å²) in [6.45, 7) is 3.53. The molecule has 0 amide bonds. The predicted octanol–water partition coefficient (Wildman–Crippen LogP) is 0.923. The van der Waals surface area contributed by atoms with Crippen LogP contribution in [0.25, 0.3) is 0 Å². The fourth-order valence-corrected chi connectivity index (χ4v) is 0.597. The molecule has 4 N–H and O–H groups in total. The summed E-state index contributed by atoms with van der Waals surface area (Å²) in [4.78, 5) is 4.91. The van der Waals surface area contributed by atoms with Gasteiger partial charge in [0.15, 0.2) is 0 Å². The van der Waals surface area contributed by atoms with Crippen molar-refractivity contribution in [3.63, 3.8) is 0 Å². The molecule has 0 atom stereocenters. The van der Waals surface area contributed by atoms with Gasteiger partial charge in [0.05, 0.1) is 5.71 Å². The quantitative estimate of drug-likeness (QED) is 0.333. The number of hydroxylamine groups is 1. The topological polar surface area (TPSA) is 71.1 Å². The minimum atomic E-state index is 0.352. The van der Waals surface area contributed by atoms with Crippen molar-refractivity contribution < 1.29 is 4.84 Å². The molecule has 0 saturated heterocycles. The Morgan fingerprint density at radius 2 is 2.08 bits per heavy atom. The molecular weight excluding hydrogens is 154 g/mol. The van der Waals surface area contributed by atoms with Gasteiger partial charge in [0.2, 0.25) is 0 Å². The first-order chi connectivity index (χ1) is 5.61. The largest absolute Gasteiger partial charge is 0.414 e. The van der Waals surface area contributed by atoms with Crippen molar-refractivity contribution in [3.05, 3.63) is 23.6 Å². The molecule has 0 bridgehead atoms. The van der Waals surface area contributed by atoms with E-state index in [0.29, 0.717) is 17.0 Å². The zero-order valence-corrected chi connectivity index (χ0v) is 7.64. The maximum absolute atomic E-state index is 7.47. The van der Waals surface area contributed by atoms with Crippen molar-refractivity contribution in [3.8, 4) is 0 Å². The molecule has 0 saturated carbocycles. The second-order valence-electron chi connectivity index (χ2n) is 2.32. The monoisotopic (exact) mass is 169 g/mol. The van der Waals surface area contributed by atoms with Crippen LogP contribution in [0.3, 0.4) is 0 Å². The zero-order chi connectivity index (χ0) is 9.56. The molecule has 0 aliphatic carbocycles. The third kappa shape index (κ3) is 3.78. The van der Waals surface area contributed by atoms with Gasteiger partial charge in [-0.2, -0.15) is 5.48 Å². The molecule has 4 heteroatoms. The van der Waals surface area contributed by atoms with E-state index in [1.807, 2.05) is 0 Å². The lowest BCUT2D eigenvalue weighted by atomic mass is 10.2. The number of nitrogens with one attached hydrogen (secondary N) is 2. The molecule has 0 heterocycles. The molecule has 0 fully saturated rings. The van der Waals surface area contributed by atoms with Crippen LogP contribution in [0.15, 0.2) is 23.6 Å². The van der Waals surface area contributed by atoms with Gasteiger partial charge in [-0.3, -0.25) is 0 Å². The number of allylic oxidation sites excluding steroid dienone is 3. The van der Waals surface area contributed by atoms with Crippen LogP contribution in [-0.4, -0.2) is 12.8 Å². The van der Waals surface area contributed by atoms with Crippen LogP contribution < -0.4 is 11.2 Å². The lowest BCUT2D eigenvalue weighted by molar-refractivity contribution is 0.128. The second kappa shape index (κ2) is 5.37. The molecule has 0 spiro atoms. The molecule has 0 unspecified atom stereocenters. The highest BCUT2D eigenvalue weighted by atomic mass is 16.6. The third-order valence-electron chi connectivity index (χ3n) is 1.29. The number of hydrogen-bond acceptors (Lipinski definition) is 4. The van der Waals surface area contributed by atoms with Gasteiger partial charge in [0.25, 0.3) is 0 Å². The normalized spacial score (nSPS) is 12.9. The Kier molecular flexibility index (Phi) is 4.79. The van der Waals surface area contributed by atoms with E-state index in [4.69, 9.17) is 16.0 Å².